The van der Waals surface area contributed by atoms with Gasteiger partial charge in [0, 0.05) is 24.2 Å². The van der Waals surface area contributed by atoms with Crippen molar-refractivity contribution in [3.63, 3.8) is 0 Å². The van der Waals surface area contributed by atoms with E-state index in [1.165, 1.54) is 6.26 Å². The highest BCUT2D eigenvalue weighted by atomic mass is 35.5. The van der Waals surface area contributed by atoms with E-state index in [1.54, 1.807) is 12.1 Å². The largest absolute Gasteiger partial charge is 0.459 e. The van der Waals surface area contributed by atoms with Crippen LogP contribution in [0.2, 0.25) is 0 Å². The fraction of sp³-hybridized carbons (Fsp3) is 0.368. The fourth-order valence-corrected chi connectivity index (χ4v) is 3.01. The second kappa shape index (κ2) is 9.40. The summed E-state index contributed by atoms with van der Waals surface area (Å²) in [5.74, 6) is 0.185. The van der Waals surface area contributed by atoms with Crippen LogP contribution in [-0.4, -0.2) is 24.4 Å². The Hall–Kier alpha value is -2.31. The Morgan fingerprint density at radius 1 is 1.23 bits per heavy atom. The van der Waals surface area contributed by atoms with Gasteiger partial charge in [0.05, 0.1) is 6.26 Å². The van der Waals surface area contributed by atoms with Crippen molar-refractivity contribution in [1.82, 2.24) is 10.6 Å². The van der Waals surface area contributed by atoms with Crippen LogP contribution in [0, 0.1) is 5.92 Å². The molecule has 1 saturated heterocycles. The molecule has 3 rings (SSSR count). The van der Waals surface area contributed by atoms with Gasteiger partial charge in [-0.25, -0.2) is 0 Å². The molecule has 140 valence electrons. The molecule has 0 bridgehead atoms. The molecule has 1 aliphatic heterocycles. The summed E-state index contributed by atoms with van der Waals surface area (Å²) in [4.78, 5) is 24.2. The quantitative estimate of drug-likeness (QED) is 0.748. The molecule has 0 unspecified atom stereocenters. The van der Waals surface area contributed by atoms with E-state index in [4.69, 9.17) is 4.42 Å². The van der Waals surface area contributed by atoms with Crippen LogP contribution in [0.15, 0.2) is 47.1 Å². The molecule has 0 spiro atoms. The summed E-state index contributed by atoms with van der Waals surface area (Å²) in [6.07, 6.45) is 3.22. The Kier molecular flexibility index (Phi) is 7.24. The molecule has 0 saturated carbocycles. The molecule has 0 radical (unpaired) electrons. The first-order valence-corrected chi connectivity index (χ1v) is 8.56. The number of carbonyl (C=O) groups is 2. The number of hydrogen-bond acceptors (Lipinski definition) is 4. The summed E-state index contributed by atoms with van der Waals surface area (Å²) in [5, 5.41) is 9.12. The van der Waals surface area contributed by atoms with Crippen molar-refractivity contribution in [2.45, 2.75) is 32.4 Å². The second-order valence-corrected chi connectivity index (χ2v) is 6.42. The molecule has 26 heavy (non-hydrogen) atoms. The van der Waals surface area contributed by atoms with Crippen molar-refractivity contribution in [1.29, 1.82) is 0 Å². The molecule has 7 heteroatoms. The van der Waals surface area contributed by atoms with Crippen LogP contribution in [-0.2, 0) is 11.3 Å². The first kappa shape index (κ1) is 20.0. The van der Waals surface area contributed by atoms with Crippen molar-refractivity contribution < 1.29 is 14.0 Å². The highest BCUT2D eigenvalue weighted by molar-refractivity contribution is 6.02. The number of carbonyl (C=O) groups excluding carboxylic acids is 2. The normalized spacial score (nSPS) is 19.3. The fourth-order valence-electron chi connectivity index (χ4n) is 3.01. The first-order valence-electron chi connectivity index (χ1n) is 8.56. The van der Waals surface area contributed by atoms with E-state index in [-0.39, 0.29) is 35.9 Å². The number of nitrogens with one attached hydrogen (secondary N) is 3. The van der Waals surface area contributed by atoms with Gasteiger partial charge in [-0.15, -0.1) is 12.4 Å². The standard InChI is InChI=1S/C19H23N3O3.ClH/c1-13-11-15(8-9-20-13)18(23)21-12-14-4-6-16(7-5-14)22-19(24)17-3-2-10-25-17;/h2-7,10,13,15,20H,8-9,11-12H2,1H3,(H,21,23)(H,22,24);1H/t13-,15-;/m0./s1. The summed E-state index contributed by atoms with van der Waals surface area (Å²) < 4.78 is 5.06. The lowest BCUT2D eigenvalue weighted by molar-refractivity contribution is -0.126. The number of halogens is 1. The SMILES string of the molecule is C[C@H]1C[C@@H](C(=O)NCc2ccc(NC(=O)c3ccco3)cc2)CCN1.Cl. The van der Waals surface area contributed by atoms with Gasteiger partial charge >= 0.3 is 0 Å². The Balaban J connectivity index is 0.00000243. The molecule has 1 aliphatic rings. The number of furan rings is 1. The number of anilines is 1. The van der Waals surface area contributed by atoms with Crippen LogP contribution in [0.3, 0.4) is 0 Å². The third-order valence-electron chi connectivity index (χ3n) is 4.42. The molecular weight excluding hydrogens is 354 g/mol. The van der Waals surface area contributed by atoms with Crippen molar-refractivity contribution >= 4 is 29.9 Å². The second-order valence-electron chi connectivity index (χ2n) is 6.42. The third-order valence-corrected chi connectivity index (χ3v) is 4.42. The third kappa shape index (κ3) is 5.34. The van der Waals surface area contributed by atoms with Crippen molar-refractivity contribution in [2.75, 3.05) is 11.9 Å². The Morgan fingerprint density at radius 2 is 2.00 bits per heavy atom. The van der Waals surface area contributed by atoms with E-state index in [0.29, 0.717) is 18.3 Å². The smallest absolute Gasteiger partial charge is 0.291 e. The van der Waals surface area contributed by atoms with Crippen molar-refractivity contribution in [3.8, 4) is 0 Å². The topological polar surface area (TPSA) is 83.4 Å². The molecule has 2 heterocycles. The minimum absolute atomic E-state index is 0. The Bertz CT molecular complexity index is 716. The molecule has 0 aliphatic carbocycles. The van der Waals surface area contributed by atoms with Gasteiger partial charge in [0.15, 0.2) is 5.76 Å². The molecule has 6 nitrogen and oxygen atoms in total. The number of piperidine rings is 1. The summed E-state index contributed by atoms with van der Waals surface area (Å²) in [5.41, 5.74) is 1.68. The van der Waals surface area contributed by atoms with Crippen molar-refractivity contribution in [2.24, 2.45) is 5.92 Å². The molecule has 1 aromatic carbocycles. The van der Waals surface area contributed by atoms with Crippen LogP contribution in [0.5, 0.6) is 0 Å². The zero-order valence-corrected chi connectivity index (χ0v) is 15.5. The monoisotopic (exact) mass is 377 g/mol. The van der Waals surface area contributed by atoms with Crippen molar-refractivity contribution in [3.05, 3.63) is 54.0 Å². The number of amides is 2. The van der Waals surface area contributed by atoms with E-state index in [2.05, 4.69) is 22.9 Å². The van der Waals surface area contributed by atoms with E-state index in [1.807, 2.05) is 24.3 Å². The maximum absolute atomic E-state index is 12.3. The van der Waals surface area contributed by atoms with Crippen LogP contribution in [0.1, 0.15) is 35.9 Å². The van der Waals surface area contributed by atoms with Crippen LogP contribution < -0.4 is 16.0 Å². The van der Waals surface area contributed by atoms with Crippen LogP contribution in [0.25, 0.3) is 0 Å². The lowest BCUT2D eigenvalue weighted by Crippen LogP contribution is -2.42. The highest BCUT2D eigenvalue weighted by Crippen LogP contribution is 2.17. The zero-order valence-electron chi connectivity index (χ0n) is 14.7. The van der Waals surface area contributed by atoms with Gasteiger partial charge in [0.25, 0.3) is 5.91 Å². The van der Waals surface area contributed by atoms with Gasteiger partial charge in [0.2, 0.25) is 5.91 Å². The summed E-state index contributed by atoms with van der Waals surface area (Å²) >= 11 is 0. The number of benzene rings is 1. The number of rotatable bonds is 5. The molecule has 2 aromatic rings. The van der Waals surface area contributed by atoms with E-state index >= 15 is 0 Å². The molecule has 1 aromatic heterocycles. The lowest BCUT2D eigenvalue weighted by Gasteiger charge is -2.27. The maximum atomic E-state index is 12.3. The van der Waals surface area contributed by atoms with Crippen LogP contribution in [0.4, 0.5) is 5.69 Å². The Labute approximate surface area is 159 Å². The predicted octanol–water partition coefficient (Wildman–Crippen LogP) is 2.96. The summed E-state index contributed by atoms with van der Waals surface area (Å²) in [6.45, 7) is 3.49. The van der Waals surface area contributed by atoms with Gasteiger partial charge in [-0.1, -0.05) is 12.1 Å². The van der Waals surface area contributed by atoms with Gasteiger partial charge in [-0.05, 0) is 56.1 Å². The molecule has 2 atom stereocenters. The average Bonchev–Trinajstić information content (AvgIpc) is 3.16. The van der Waals surface area contributed by atoms with Gasteiger partial charge in [-0.3, -0.25) is 9.59 Å². The van der Waals surface area contributed by atoms with Gasteiger partial charge in [0.1, 0.15) is 0 Å². The first-order chi connectivity index (χ1) is 12.1. The van der Waals surface area contributed by atoms with Crippen LogP contribution >= 0.6 is 12.4 Å². The minimum Gasteiger partial charge on any atom is -0.459 e. The molecular formula is C19H24ClN3O3. The Morgan fingerprint density at radius 3 is 2.65 bits per heavy atom. The molecule has 3 N–H and O–H groups in total. The van der Waals surface area contributed by atoms with E-state index in [0.717, 1.165) is 24.9 Å². The summed E-state index contributed by atoms with van der Waals surface area (Å²) in [7, 11) is 0. The summed E-state index contributed by atoms with van der Waals surface area (Å²) in [6, 6.07) is 11.1. The number of hydrogen-bond donors (Lipinski definition) is 3. The van der Waals surface area contributed by atoms with E-state index in [9.17, 15) is 9.59 Å². The lowest BCUT2D eigenvalue weighted by atomic mass is 9.92. The van der Waals surface area contributed by atoms with E-state index < -0.39 is 0 Å². The average molecular weight is 378 g/mol. The zero-order chi connectivity index (χ0) is 17.6. The highest BCUT2D eigenvalue weighted by Gasteiger charge is 2.24. The predicted molar refractivity (Wildman–Crippen MR) is 102 cm³/mol. The molecule has 1 fully saturated rings. The minimum atomic E-state index is -0.286. The van der Waals surface area contributed by atoms with Gasteiger partial charge < -0.3 is 20.4 Å². The molecule has 2 amide bonds. The van der Waals surface area contributed by atoms with Gasteiger partial charge in [-0.2, -0.15) is 0 Å². The maximum Gasteiger partial charge on any atom is 0.291 e.